The molecule has 0 amide bonds. The summed E-state index contributed by atoms with van der Waals surface area (Å²) in [7, 11) is -1.37. The van der Waals surface area contributed by atoms with Gasteiger partial charge in [0.1, 0.15) is 8.07 Å². The molecular weight excluding hydrogens is 370 g/mol. The van der Waals surface area contributed by atoms with Gasteiger partial charge in [-0.05, 0) is 41.5 Å². The van der Waals surface area contributed by atoms with Gasteiger partial charge in [-0.1, -0.05) is 43.8 Å². The number of aromatic nitrogens is 2. The molecule has 5 rings (SSSR count). The second kappa shape index (κ2) is 6.65. The normalized spacial score (nSPS) is 13.1. The highest BCUT2D eigenvalue weighted by molar-refractivity contribution is 6.83. The maximum absolute atomic E-state index is 5.03. The van der Waals surface area contributed by atoms with Crippen molar-refractivity contribution >= 4 is 41.3 Å². The van der Waals surface area contributed by atoms with Crippen molar-refractivity contribution in [3.05, 3.63) is 77.6 Å². The predicted molar refractivity (Wildman–Crippen MR) is 124 cm³/mol. The van der Waals surface area contributed by atoms with Gasteiger partial charge in [0.05, 0.1) is 22.4 Å². The molecule has 0 N–H and O–H groups in total. The molecule has 0 radical (unpaired) electrons. The fourth-order valence-electron chi connectivity index (χ4n) is 3.73. The summed E-state index contributed by atoms with van der Waals surface area (Å²) in [4.78, 5) is 14.2. The fraction of sp³-hybridized carbons (Fsp3) is 0.160. The van der Waals surface area contributed by atoms with Crippen LogP contribution in [0.4, 0.5) is 5.69 Å². The van der Waals surface area contributed by atoms with Crippen LogP contribution >= 0.6 is 0 Å². The smallest absolute Gasteiger partial charge is 0.129 e. The highest BCUT2D eigenvalue weighted by Gasteiger charge is 2.23. The van der Waals surface area contributed by atoms with Gasteiger partial charge in [-0.25, -0.2) is 0 Å². The Hall–Kier alpha value is -3.29. The summed E-state index contributed by atoms with van der Waals surface area (Å²) >= 11 is 0. The Morgan fingerprint density at radius 2 is 1.48 bits per heavy atom. The molecule has 0 aliphatic carbocycles. The highest BCUT2D eigenvalue weighted by Crippen LogP contribution is 2.40. The number of nitrogens with zero attached hydrogens (tertiary/aromatic N) is 3. The van der Waals surface area contributed by atoms with Gasteiger partial charge in [0, 0.05) is 35.2 Å². The summed E-state index contributed by atoms with van der Waals surface area (Å²) < 4.78 is 0. The zero-order chi connectivity index (χ0) is 20.0. The van der Waals surface area contributed by atoms with Crippen molar-refractivity contribution in [2.24, 2.45) is 4.99 Å². The molecule has 2 aromatic carbocycles. The summed E-state index contributed by atoms with van der Waals surface area (Å²) in [6.45, 7) is 6.78. The maximum atomic E-state index is 5.03. The molecule has 140 valence electrons. The van der Waals surface area contributed by atoms with E-state index < -0.39 is 8.07 Å². The van der Waals surface area contributed by atoms with E-state index in [4.69, 9.17) is 4.99 Å². The molecule has 3 nitrogen and oxygen atoms in total. The van der Waals surface area contributed by atoms with Gasteiger partial charge in [0.25, 0.3) is 0 Å². The largest absolute Gasteiger partial charge is 0.254 e. The van der Waals surface area contributed by atoms with E-state index in [9.17, 15) is 0 Å². The van der Waals surface area contributed by atoms with Crippen LogP contribution in [-0.4, -0.2) is 23.8 Å². The summed E-state index contributed by atoms with van der Waals surface area (Å²) in [5.41, 5.74) is 10.9. The first-order valence-corrected chi connectivity index (χ1v) is 13.3. The molecule has 0 bridgehead atoms. The summed E-state index contributed by atoms with van der Waals surface area (Å²) in [5, 5.41) is 2.21. The number of benzene rings is 2. The monoisotopic (exact) mass is 391 g/mol. The Kier molecular flexibility index (Phi) is 4.08. The van der Waals surface area contributed by atoms with Crippen LogP contribution < -0.4 is 0 Å². The second-order valence-electron chi connectivity index (χ2n) is 8.44. The molecule has 0 spiro atoms. The number of rotatable bonds is 1. The van der Waals surface area contributed by atoms with E-state index in [1.54, 1.807) is 0 Å². The van der Waals surface area contributed by atoms with E-state index in [0.29, 0.717) is 0 Å². The number of fused-ring (bicyclic) bond motifs is 6. The second-order valence-corrected chi connectivity index (χ2v) is 13.2. The average Bonchev–Trinajstić information content (AvgIpc) is 3.18. The minimum atomic E-state index is -1.37. The molecule has 2 aromatic heterocycles. The standard InChI is InChI=1S/C25H21N3Si/c1-29(2,3)15-12-17-8-10-18(11-9-17)22-16-21-19-6-4-13-26-24(19)25-20(23(21)28-22)7-5-14-27-25/h4-11,13-14H,16H2,1-3H3. The molecule has 0 saturated heterocycles. The lowest BCUT2D eigenvalue weighted by Gasteiger charge is -2.08. The molecule has 0 atom stereocenters. The third kappa shape index (κ3) is 3.24. The molecular formula is C25H21N3Si. The van der Waals surface area contributed by atoms with Gasteiger partial charge < -0.3 is 0 Å². The molecule has 1 aliphatic rings. The van der Waals surface area contributed by atoms with Gasteiger partial charge in [0.2, 0.25) is 0 Å². The molecule has 1 aliphatic heterocycles. The van der Waals surface area contributed by atoms with Crippen molar-refractivity contribution in [2.75, 3.05) is 0 Å². The summed E-state index contributed by atoms with van der Waals surface area (Å²) in [5.74, 6) is 3.32. The third-order valence-corrected chi connectivity index (χ3v) is 5.97. The maximum Gasteiger partial charge on any atom is 0.129 e. The van der Waals surface area contributed by atoms with Crippen molar-refractivity contribution in [3.63, 3.8) is 0 Å². The number of pyridine rings is 2. The van der Waals surface area contributed by atoms with Gasteiger partial charge in [-0.15, -0.1) is 5.54 Å². The first-order valence-electron chi connectivity index (χ1n) is 9.85. The quantitative estimate of drug-likeness (QED) is 0.237. The lowest BCUT2D eigenvalue weighted by Crippen LogP contribution is -2.16. The lowest BCUT2D eigenvalue weighted by molar-refractivity contribution is 1.35. The van der Waals surface area contributed by atoms with Gasteiger partial charge in [-0.2, -0.15) is 0 Å². The van der Waals surface area contributed by atoms with Crippen LogP contribution in [0.5, 0.6) is 0 Å². The Labute approximate surface area is 171 Å². The van der Waals surface area contributed by atoms with E-state index in [1.807, 2.05) is 24.5 Å². The van der Waals surface area contributed by atoms with Crippen LogP contribution in [0.2, 0.25) is 19.6 Å². The molecule has 29 heavy (non-hydrogen) atoms. The zero-order valence-electron chi connectivity index (χ0n) is 16.8. The molecule has 0 unspecified atom stereocenters. The highest BCUT2D eigenvalue weighted by atomic mass is 28.3. The van der Waals surface area contributed by atoms with Crippen molar-refractivity contribution < 1.29 is 0 Å². The topological polar surface area (TPSA) is 38.1 Å². The van der Waals surface area contributed by atoms with E-state index in [-0.39, 0.29) is 0 Å². The van der Waals surface area contributed by atoms with Crippen LogP contribution in [0.1, 0.15) is 16.7 Å². The number of hydrogen-bond acceptors (Lipinski definition) is 3. The van der Waals surface area contributed by atoms with Gasteiger partial charge in [-0.3, -0.25) is 15.0 Å². The first kappa shape index (κ1) is 17.8. The molecule has 4 heteroatoms. The van der Waals surface area contributed by atoms with E-state index >= 15 is 0 Å². The minimum absolute atomic E-state index is 0.808. The molecule has 4 aromatic rings. The van der Waals surface area contributed by atoms with Crippen molar-refractivity contribution in [1.29, 1.82) is 0 Å². The van der Waals surface area contributed by atoms with Crippen molar-refractivity contribution in [2.45, 2.75) is 26.1 Å². The third-order valence-electron chi connectivity index (χ3n) is 5.10. The van der Waals surface area contributed by atoms with Crippen LogP contribution in [0.3, 0.4) is 0 Å². The zero-order valence-corrected chi connectivity index (χ0v) is 17.8. The van der Waals surface area contributed by atoms with Crippen LogP contribution in [0.15, 0.2) is 65.9 Å². The molecule has 3 heterocycles. The molecule has 0 fully saturated rings. The van der Waals surface area contributed by atoms with E-state index in [2.05, 4.69) is 77.5 Å². The summed E-state index contributed by atoms with van der Waals surface area (Å²) in [6, 6.07) is 16.7. The van der Waals surface area contributed by atoms with Crippen LogP contribution in [0, 0.1) is 11.5 Å². The Balaban J connectivity index is 1.59. The SMILES string of the molecule is C[Si](C)(C)C#Cc1ccc(C2=Nc3c(c4cccnc4c4ncccc34)C2)cc1. The first-order chi connectivity index (χ1) is 14.0. The Morgan fingerprint density at radius 3 is 2.17 bits per heavy atom. The van der Waals surface area contributed by atoms with E-state index in [1.165, 1.54) is 5.56 Å². The predicted octanol–water partition coefficient (Wildman–Crippen LogP) is 5.69. The van der Waals surface area contributed by atoms with Crippen molar-refractivity contribution in [1.82, 2.24) is 9.97 Å². The lowest BCUT2D eigenvalue weighted by atomic mass is 9.97. The Bertz CT molecular complexity index is 1350. The minimum Gasteiger partial charge on any atom is -0.254 e. The van der Waals surface area contributed by atoms with Crippen LogP contribution in [-0.2, 0) is 6.42 Å². The molecule has 0 saturated carbocycles. The Morgan fingerprint density at radius 1 is 0.828 bits per heavy atom. The van der Waals surface area contributed by atoms with Gasteiger partial charge >= 0.3 is 0 Å². The van der Waals surface area contributed by atoms with Crippen molar-refractivity contribution in [3.8, 4) is 11.5 Å². The number of hydrogen-bond donors (Lipinski definition) is 0. The number of aliphatic imine (C=N–C) groups is 1. The van der Waals surface area contributed by atoms with Gasteiger partial charge in [0.15, 0.2) is 0 Å². The summed E-state index contributed by atoms with van der Waals surface area (Å²) in [6.07, 6.45) is 4.46. The average molecular weight is 392 g/mol. The van der Waals surface area contributed by atoms with Crippen LogP contribution in [0.25, 0.3) is 21.8 Å². The fourth-order valence-corrected chi connectivity index (χ4v) is 4.25. The van der Waals surface area contributed by atoms with E-state index in [0.717, 1.165) is 50.8 Å².